The Morgan fingerprint density at radius 3 is 2.53 bits per heavy atom. The highest BCUT2D eigenvalue weighted by molar-refractivity contribution is 5.93. The number of alkyl halides is 3. The Balaban J connectivity index is 1.21. The minimum absolute atomic E-state index is 0.103. The molecule has 1 spiro atoms. The molecule has 12 heteroatoms. The first kappa shape index (κ1) is 25.3. The Morgan fingerprint density at radius 2 is 1.83 bits per heavy atom. The molecule has 9 nitrogen and oxygen atoms in total. The number of halogens is 3. The lowest BCUT2D eigenvalue weighted by atomic mass is 9.85. The van der Waals surface area contributed by atoms with E-state index in [2.05, 4.69) is 14.2 Å². The largest absolute Gasteiger partial charge is 0.437 e. The average molecular weight is 514 g/mol. The first-order valence-corrected chi connectivity index (χ1v) is 12.9. The summed E-state index contributed by atoms with van der Waals surface area (Å²) in [7, 11) is 0. The lowest BCUT2D eigenvalue weighted by Gasteiger charge is -2.44. The Morgan fingerprint density at radius 1 is 1.11 bits per heavy atom. The maximum Gasteiger partial charge on any atom is 0.425 e. The number of piperidine rings is 1. The molecule has 36 heavy (non-hydrogen) atoms. The third kappa shape index (κ3) is 4.93. The summed E-state index contributed by atoms with van der Waals surface area (Å²) in [5.41, 5.74) is 0.0443. The predicted molar refractivity (Wildman–Crippen MR) is 122 cm³/mol. The fourth-order valence-electron chi connectivity index (χ4n) is 6.05. The van der Waals surface area contributed by atoms with Gasteiger partial charge in [0.2, 0.25) is 0 Å². The number of nitrogens with zero attached hydrogens (tertiary/aromatic N) is 5. The van der Waals surface area contributed by atoms with Crippen molar-refractivity contribution in [1.82, 2.24) is 24.3 Å². The van der Waals surface area contributed by atoms with E-state index in [0.717, 1.165) is 71.3 Å². The molecule has 4 aliphatic heterocycles. The topological polar surface area (TPSA) is 80.1 Å². The van der Waals surface area contributed by atoms with Gasteiger partial charge in [0.1, 0.15) is 11.5 Å². The smallest absolute Gasteiger partial charge is 0.425 e. The summed E-state index contributed by atoms with van der Waals surface area (Å²) < 4.78 is 50.5. The zero-order valence-corrected chi connectivity index (χ0v) is 20.6. The van der Waals surface area contributed by atoms with Gasteiger partial charge in [-0.15, -0.1) is 0 Å². The molecule has 0 saturated carbocycles. The van der Waals surface area contributed by atoms with Gasteiger partial charge in [0.25, 0.3) is 5.91 Å². The van der Waals surface area contributed by atoms with Crippen LogP contribution in [0.4, 0.5) is 18.0 Å². The number of amides is 2. The molecule has 0 bridgehead atoms. The number of aromatic nitrogens is 2. The van der Waals surface area contributed by atoms with Crippen molar-refractivity contribution < 1.29 is 32.2 Å². The Bertz CT molecular complexity index is 969. The number of likely N-dealkylation sites (tertiary alicyclic amines) is 2. The van der Waals surface area contributed by atoms with Crippen LogP contribution in [0.15, 0.2) is 6.20 Å². The summed E-state index contributed by atoms with van der Waals surface area (Å²) in [6.45, 7) is 5.97. The van der Waals surface area contributed by atoms with Crippen molar-refractivity contribution in [2.75, 3.05) is 39.4 Å². The molecule has 5 rings (SSSR count). The number of carbonyl (C=O) groups is 2. The molecule has 3 saturated heterocycles. The van der Waals surface area contributed by atoms with Crippen molar-refractivity contribution in [3.05, 3.63) is 17.7 Å². The van der Waals surface area contributed by atoms with E-state index in [1.165, 1.54) is 4.90 Å². The summed E-state index contributed by atoms with van der Waals surface area (Å²) in [4.78, 5) is 36.2. The molecule has 0 aromatic carbocycles. The van der Waals surface area contributed by atoms with Crippen LogP contribution in [0.1, 0.15) is 61.8 Å². The molecule has 1 unspecified atom stereocenters. The Hall–Kier alpha value is -2.34. The van der Waals surface area contributed by atoms with E-state index in [4.69, 9.17) is 9.72 Å². The van der Waals surface area contributed by atoms with Crippen LogP contribution in [-0.4, -0.2) is 99.5 Å². The normalized spacial score (nSPS) is 24.1. The number of fused-ring (bicyclic) bond motifs is 1. The molecule has 4 aliphatic rings. The first-order chi connectivity index (χ1) is 17.2. The van der Waals surface area contributed by atoms with E-state index in [1.54, 1.807) is 0 Å². The van der Waals surface area contributed by atoms with Crippen molar-refractivity contribution in [2.24, 2.45) is 0 Å². The van der Waals surface area contributed by atoms with Crippen LogP contribution in [0.2, 0.25) is 0 Å². The van der Waals surface area contributed by atoms with Gasteiger partial charge in [-0.2, -0.15) is 13.2 Å². The standard InChI is InChI=1S/C24H34F3N5O4/c1-17(24(25,26)27)36-22(34)29-9-6-23(7-10-29)5-2-8-32(23)21(33)19-15-31-12-11-30(16-20(31)28-19)18-3-13-35-14-4-18/h15,17-18H,2-14,16H2,1H3. The molecule has 0 N–H and O–H groups in total. The van der Waals surface area contributed by atoms with Crippen molar-refractivity contribution in [3.8, 4) is 0 Å². The zero-order valence-electron chi connectivity index (χ0n) is 20.6. The minimum Gasteiger partial charge on any atom is -0.437 e. The molecule has 2 amide bonds. The lowest BCUT2D eigenvalue weighted by Crippen LogP contribution is -2.55. The van der Waals surface area contributed by atoms with E-state index in [-0.39, 0.29) is 19.0 Å². The van der Waals surface area contributed by atoms with Crippen LogP contribution < -0.4 is 0 Å². The predicted octanol–water partition coefficient (Wildman–Crippen LogP) is 3.04. The van der Waals surface area contributed by atoms with Gasteiger partial charge in [0.05, 0.1) is 6.54 Å². The quantitative estimate of drug-likeness (QED) is 0.618. The van der Waals surface area contributed by atoms with Gasteiger partial charge in [-0.3, -0.25) is 9.69 Å². The second kappa shape index (κ2) is 9.85. The monoisotopic (exact) mass is 513 g/mol. The zero-order chi connectivity index (χ0) is 25.5. The van der Waals surface area contributed by atoms with Crippen LogP contribution in [-0.2, 0) is 22.6 Å². The fourth-order valence-corrected chi connectivity index (χ4v) is 6.05. The molecule has 3 fully saturated rings. The van der Waals surface area contributed by atoms with Crippen LogP contribution in [0.25, 0.3) is 0 Å². The highest BCUT2D eigenvalue weighted by Gasteiger charge is 2.48. The van der Waals surface area contributed by atoms with Gasteiger partial charge in [0.15, 0.2) is 6.10 Å². The summed E-state index contributed by atoms with van der Waals surface area (Å²) in [5.74, 6) is 0.800. The van der Waals surface area contributed by atoms with E-state index in [1.807, 2.05) is 11.1 Å². The first-order valence-electron chi connectivity index (χ1n) is 12.9. The molecule has 0 aliphatic carbocycles. The average Bonchev–Trinajstić information content (AvgIpc) is 3.48. The molecule has 1 atom stereocenters. The van der Waals surface area contributed by atoms with Crippen LogP contribution in [0.3, 0.4) is 0 Å². The third-order valence-electron chi connectivity index (χ3n) is 8.29. The summed E-state index contributed by atoms with van der Waals surface area (Å²) in [6, 6.07) is 0.487. The molecule has 0 radical (unpaired) electrons. The summed E-state index contributed by atoms with van der Waals surface area (Å²) >= 11 is 0. The summed E-state index contributed by atoms with van der Waals surface area (Å²) in [6.07, 6.45) is -1.12. The van der Waals surface area contributed by atoms with E-state index in [9.17, 15) is 22.8 Å². The molecular weight excluding hydrogens is 479 g/mol. The highest BCUT2D eigenvalue weighted by Crippen LogP contribution is 2.39. The number of hydrogen-bond donors (Lipinski definition) is 0. The number of rotatable bonds is 3. The van der Waals surface area contributed by atoms with Crippen LogP contribution in [0, 0.1) is 0 Å². The maximum atomic E-state index is 13.6. The van der Waals surface area contributed by atoms with E-state index in [0.29, 0.717) is 31.1 Å². The molecular formula is C24H34F3N5O4. The van der Waals surface area contributed by atoms with Gasteiger partial charge in [0, 0.05) is 63.7 Å². The number of ether oxygens (including phenoxy) is 2. The van der Waals surface area contributed by atoms with Gasteiger partial charge in [-0.25, -0.2) is 9.78 Å². The van der Waals surface area contributed by atoms with Crippen LogP contribution in [0.5, 0.6) is 0 Å². The van der Waals surface area contributed by atoms with Crippen LogP contribution >= 0.6 is 0 Å². The fraction of sp³-hybridized carbons (Fsp3) is 0.792. The van der Waals surface area contributed by atoms with E-state index >= 15 is 0 Å². The maximum absolute atomic E-state index is 13.6. The Labute approximate surface area is 208 Å². The van der Waals surface area contributed by atoms with Gasteiger partial charge in [-0.1, -0.05) is 0 Å². The number of carbonyl (C=O) groups excluding carboxylic acids is 2. The molecule has 1 aromatic heterocycles. The van der Waals surface area contributed by atoms with E-state index < -0.39 is 23.9 Å². The Kier molecular flexibility index (Phi) is 6.92. The second-order valence-corrected chi connectivity index (χ2v) is 10.4. The van der Waals surface area contributed by atoms with Crippen molar-refractivity contribution >= 4 is 12.0 Å². The van der Waals surface area contributed by atoms with Crippen molar-refractivity contribution in [3.63, 3.8) is 0 Å². The minimum atomic E-state index is -4.59. The molecule has 200 valence electrons. The number of hydrogen-bond acceptors (Lipinski definition) is 6. The van der Waals surface area contributed by atoms with Crippen molar-refractivity contribution in [2.45, 2.75) is 82.4 Å². The SMILES string of the molecule is CC(OC(=O)N1CCC2(CCCN2C(=O)c2cn3c(n2)CN(C2CCOCC2)CC3)CC1)C(F)(F)F. The molecule has 1 aromatic rings. The van der Waals surface area contributed by atoms with Crippen molar-refractivity contribution in [1.29, 1.82) is 0 Å². The second-order valence-electron chi connectivity index (χ2n) is 10.4. The van der Waals surface area contributed by atoms with Gasteiger partial charge >= 0.3 is 12.3 Å². The third-order valence-corrected chi connectivity index (χ3v) is 8.29. The number of imidazole rings is 1. The highest BCUT2D eigenvalue weighted by atomic mass is 19.4. The molecule has 5 heterocycles. The van der Waals surface area contributed by atoms with Gasteiger partial charge in [-0.05, 0) is 45.4 Å². The van der Waals surface area contributed by atoms with Gasteiger partial charge < -0.3 is 23.8 Å². The lowest BCUT2D eigenvalue weighted by molar-refractivity contribution is -0.200. The summed E-state index contributed by atoms with van der Waals surface area (Å²) in [5, 5.41) is 0.